The summed E-state index contributed by atoms with van der Waals surface area (Å²) in [4.78, 5) is 23.8. The van der Waals surface area contributed by atoms with Gasteiger partial charge in [-0.3, -0.25) is 9.59 Å². The minimum atomic E-state index is -1.05. The maximum Gasteiger partial charge on any atom is 0.313 e. The first-order valence-electron chi connectivity index (χ1n) is 7.47. The monoisotopic (exact) mass is 328 g/mol. The molecule has 0 saturated carbocycles. The normalized spacial score (nSPS) is 12.6. The predicted octanol–water partition coefficient (Wildman–Crippen LogP) is 3.73. The van der Waals surface area contributed by atoms with E-state index >= 15 is 0 Å². The van der Waals surface area contributed by atoms with Crippen molar-refractivity contribution in [3.05, 3.63) is 35.4 Å². The fourth-order valence-corrected chi connectivity index (χ4v) is 2.05. The van der Waals surface area contributed by atoms with E-state index in [1.54, 1.807) is 27.7 Å². The van der Waals surface area contributed by atoms with Gasteiger partial charge in [0.05, 0.1) is 12.5 Å². The molecule has 1 aromatic rings. The molecule has 1 rings (SSSR count). The molecule has 6 heteroatoms. The van der Waals surface area contributed by atoms with Gasteiger partial charge in [0.1, 0.15) is 5.60 Å². The Morgan fingerprint density at radius 1 is 1.17 bits per heavy atom. The van der Waals surface area contributed by atoms with Crippen LogP contribution in [0.5, 0.6) is 0 Å². The maximum absolute atomic E-state index is 13.4. The number of hydrogen-bond donors (Lipinski definition) is 0. The fraction of sp³-hybridized carbons (Fsp3) is 0.529. The van der Waals surface area contributed by atoms with Gasteiger partial charge >= 0.3 is 11.9 Å². The standard InChI is InChI=1S/C17H22F2O4/c1-5-22-16(21)12(7-9-15(20)23-17(2,3)4)11-6-8-13(18)14(19)10-11/h6,8,10,12H,5,7,9H2,1-4H3. The summed E-state index contributed by atoms with van der Waals surface area (Å²) in [6.07, 6.45) is 0.0680. The number of carbonyl (C=O) groups is 2. The van der Waals surface area contributed by atoms with Crippen LogP contribution in [0, 0.1) is 11.6 Å². The minimum Gasteiger partial charge on any atom is -0.466 e. The number of esters is 2. The van der Waals surface area contributed by atoms with E-state index in [1.807, 2.05) is 0 Å². The van der Waals surface area contributed by atoms with Crippen molar-refractivity contribution in [1.29, 1.82) is 0 Å². The quantitative estimate of drug-likeness (QED) is 0.747. The van der Waals surface area contributed by atoms with E-state index in [1.165, 1.54) is 6.07 Å². The minimum absolute atomic E-state index is 0.0280. The highest BCUT2D eigenvalue weighted by atomic mass is 19.2. The van der Waals surface area contributed by atoms with E-state index in [0.717, 1.165) is 12.1 Å². The Hall–Kier alpha value is -1.98. The van der Waals surface area contributed by atoms with Crippen LogP contribution in [0.15, 0.2) is 18.2 Å². The van der Waals surface area contributed by atoms with E-state index < -0.39 is 35.1 Å². The zero-order chi connectivity index (χ0) is 17.6. The van der Waals surface area contributed by atoms with Crippen LogP contribution in [-0.2, 0) is 19.1 Å². The van der Waals surface area contributed by atoms with Crippen LogP contribution in [0.25, 0.3) is 0 Å². The molecular formula is C17H22F2O4. The molecule has 0 aliphatic rings. The molecule has 1 unspecified atom stereocenters. The molecule has 23 heavy (non-hydrogen) atoms. The summed E-state index contributed by atoms with van der Waals surface area (Å²) in [7, 11) is 0. The van der Waals surface area contributed by atoms with E-state index in [9.17, 15) is 18.4 Å². The molecule has 0 aliphatic carbocycles. The fourth-order valence-electron chi connectivity index (χ4n) is 2.05. The molecule has 128 valence electrons. The number of ether oxygens (including phenoxy) is 2. The molecule has 0 heterocycles. The molecule has 0 N–H and O–H groups in total. The van der Waals surface area contributed by atoms with Crippen LogP contribution in [0.2, 0.25) is 0 Å². The van der Waals surface area contributed by atoms with Crippen LogP contribution < -0.4 is 0 Å². The Balaban J connectivity index is 2.87. The molecule has 0 bridgehead atoms. The topological polar surface area (TPSA) is 52.6 Å². The molecule has 0 amide bonds. The summed E-state index contributed by atoms with van der Waals surface area (Å²) >= 11 is 0. The van der Waals surface area contributed by atoms with Crippen molar-refractivity contribution in [2.75, 3.05) is 6.61 Å². The largest absolute Gasteiger partial charge is 0.466 e. The second-order valence-electron chi connectivity index (χ2n) is 6.10. The first-order valence-corrected chi connectivity index (χ1v) is 7.47. The number of halogens is 2. The summed E-state index contributed by atoms with van der Waals surface area (Å²) in [5, 5.41) is 0. The van der Waals surface area contributed by atoms with Gasteiger partial charge in [-0.05, 0) is 51.8 Å². The molecule has 1 atom stereocenters. The van der Waals surface area contributed by atoms with Crippen LogP contribution in [-0.4, -0.2) is 24.1 Å². The van der Waals surface area contributed by atoms with E-state index in [0.29, 0.717) is 0 Å². The Bertz CT molecular complexity index is 564. The zero-order valence-corrected chi connectivity index (χ0v) is 13.8. The van der Waals surface area contributed by atoms with Gasteiger partial charge < -0.3 is 9.47 Å². The van der Waals surface area contributed by atoms with E-state index in [2.05, 4.69) is 0 Å². The van der Waals surface area contributed by atoms with Crippen LogP contribution in [0.4, 0.5) is 8.78 Å². The van der Waals surface area contributed by atoms with Crippen molar-refractivity contribution < 1.29 is 27.8 Å². The van der Waals surface area contributed by atoms with Crippen LogP contribution in [0.3, 0.4) is 0 Å². The summed E-state index contributed by atoms with van der Waals surface area (Å²) in [5.41, 5.74) is -0.357. The number of benzene rings is 1. The third-order valence-corrected chi connectivity index (χ3v) is 2.97. The van der Waals surface area contributed by atoms with Crippen LogP contribution in [0.1, 0.15) is 52.0 Å². The third-order valence-electron chi connectivity index (χ3n) is 2.97. The summed E-state index contributed by atoms with van der Waals surface area (Å²) in [6, 6.07) is 3.21. The first kappa shape index (κ1) is 19.1. The summed E-state index contributed by atoms with van der Waals surface area (Å²) in [6.45, 7) is 7.02. The first-order chi connectivity index (χ1) is 10.6. The molecule has 0 aromatic heterocycles. The molecule has 0 spiro atoms. The SMILES string of the molecule is CCOC(=O)C(CCC(=O)OC(C)(C)C)c1ccc(F)c(F)c1. The van der Waals surface area contributed by atoms with Crippen molar-refractivity contribution >= 4 is 11.9 Å². The van der Waals surface area contributed by atoms with Crippen molar-refractivity contribution in [3.63, 3.8) is 0 Å². The molecule has 0 fully saturated rings. The smallest absolute Gasteiger partial charge is 0.313 e. The van der Waals surface area contributed by atoms with Crippen molar-refractivity contribution in [1.82, 2.24) is 0 Å². The van der Waals surface area contributed by atoms with Crippen molar-refractivity contribution in [2.24, 2.45) is 0 Å². The molecule has 0 aliphatic heterocycles. The average Bonchev–Trinajstić information content (AvgIpc) is 2.41. The Kier molecular flexibility index (Phi) is 6.66. The second-order valence-corrected chi connectivity index (χ2v) is 6.10. The van der Waals surface area contributed by atoms with Gasteiger partial charge in [-0.2, -0.15) is 0 Å². The highest BCUT2D eigenvalue weighted by Crippen LogP contribution is 2.25. The highest BCUT2D eigenvalue weighted by molar-refractivity contribution is 5.79. The summed E-state index contributed by atoms with van der Waals surface area (Å²) in [5.74, 6) is -3.94. The number of hydrogen-bond acceptors (Lipinski definition) is 4. The van der Waals surface area contributed by atoms with Gasteiger partial charge in [-0.25, -0.2) is 8.78 Å². The average molecular weight is 328 g/mol. The van der Waals surface area contributed by atoms with Crippen molar-refractivity contribution in [2.45, 2.75) is 52.1 Å². The number of carbonyl (C=O) groups excluding carboxylic acids is 2. The van der Waals surface area contributed by atoms with Crippen molar-refractivity contribution in [3.8, 4) is 0 Å². The lowest BCUT2D eigenvalue weighted by Gasteiger charge is -2.21. The van der Waals surface area contributed by atoms with Gasteiger partial charge in [0.15, 0.2) is 11.6 Å². The molecule has 0 saturated heterocycles. The lowest BCUT2D eigenvalue weighted by atomic mass is 9.94. The van der Waals surface area contributed by atoms with Crippen LogP contribution >= 0.6 is 0 Å². The van der Waals surface area contributed by atoms with Gasteiger partial charge in [-0.15, -0.1) is 0 Å². The molecule has 1 aromatic carbocycles. The lowest BCUT2D eigenvalue weighted by molar-refractivity contribution is -0.155. The summed E-state index contributed by atoms with van der Waals surface area (Å²) < 4.78 is 36.6. The molecule has 0 radical (unpaired) electrons. The Morgan fingerprint density at radius 3 is 2.35 bits per heavy atom. The molecule has 4 nitrogen and oxygen atoms in total. The predicted molar refractivity (Wildman–Crippen MR) is 80.8 cm³/mol. The Morgan fingerprint density at radius 2 is 1.83 bits per heavy atom. The maximum atomic E-state index is 13.4. The highest BCUT2D eigenvalue weighted by Gasteiger charge is 2.25. The van der Waals surface area contributed by atoms with E-state index in [4.69, 9.17) is 9.47 Å². The number of rotatable bonds is 6. The Labute approximate surface area is 134 Å². The molecular weight excluding hydrogens is 306 g/mol. The second kappa shape index (κ2) is 8.04. The van der Waals surface area contributed by atoms with Gasteiger partial charge in [0.25, 0.3) is 0 Å². The van der Waals surface area contributed by atoms with Gasteiger partial charge in [-0.1, -0.05) is 6.07 Å². The lowest BCUT2D eigenvalue weighted by Crippen LogP contribution is -2.25. The zero-order valence-electron chi connectivity index (χ0n) is 13.8. The third kappa shape index (κ3) is 6.34. The van der Waals surface area contributed by atoms with E-state index in [-0.39, 0.29) is 25.0 Å². The van der Waals surface area contributed by atoms with Gasteiger partial charge in [0.2, 0.25) is 0 Å². The van der Waals surface area contributed by atoms with Gasteiger partial charge in [0, 0.05) is 6.42 Å².